The number of rotatable bonds is 1. The number of piperidine rings is 1. The van der Waals surface area contributed by atoms with E-state index in [1.165, 1.54) is 0 Å². The zero-order valence-electron chi connectivity index (χ0n) is 11.3. The third kappa shape index (κ3) is 2.70. The van der Waals surface area contributed by atoms with Crippen molar-refractivity contribution in [2.75, 3.05) is 0 Å². The van der Waals surface area contributed by atoms with Gasteiger partial charge >= 0.3 is 0 Å². The molecule has 0 aliphatic carbocycles. The van der Waals surface area contributed by atoms with E-state index in [-0.39, 0.29) is 11.1 Å². The van der Waals surface area contributed by atoms with Crippen LogP contribution in [0.2, 0.25) is 0 Å². The molecule has 2 nitrogen and oxygen atoms in total. The van der Waals surface area contributed by atoms with E-state index in [2.05, 4.69) is 33.0 Å². The largest absolute Gasteiger partial charge is 0.385 e. The molecule has 2 heteroatoms. The van der Waals surface area contributed by atoms with Crippen molar-refractivity contribution in [1.29, 1.82) is 0 Å². The minimum Gasteiger partial charge on any atom is -0.385 e. The Kier molecular flexibility index (Phi) is 2.83. The molecule has 0 spiro atoms. The fourth-order valence-corrected chi connectivity index (χ4v) is 3.68. The fraction of sp³-hybridized carbons (Fsp3) is 0.600. The first-order valence-corrected chi connectivity index (χ1v) is 6.38. The molecular formula is C15H24NO+. The first-order valence-electron chi connectivity index (χ1n) is 6.38. The summed E-state index contributed by atoms with van der Waals surface area (Å²) in [6, 6.07) is 10.1. The zero-order chi connectivity index (χ0) is 12.7. The van der Waals surface area contributed by atoms with Gasteiger partial charge in [-0.1, -0.05) is 30.3 Å². The summed E-state index contributed by atoms with van der Waals surface area (Å²) >= 11 is 0. The Balaban J connectivity index is 2.37. The molecule has 1 fully saturated rings. The summed E-state index contributed by atoms with van der Waals surface area (Å²) in [6.07, 6.45) is 1.60. The van der Waals surface area contributed by atoms with E-state index in [0.717, 1.165) is 18.4 Å². The minimum atomic E-state index is -0.691. The van der Waals surface area contributed by atoms with Crippen molar-refractivity contribution in [2.24, 2.45) is 0 Å². The molecule has 0 atom stereocenters. The van der Waals surface area contributed by atoms with E-state index in [9.17, 15) is 5.11 Å². The molecule has 0 radical (unpaired) electrons. The first-order chi connectivity index (χ1) is 7.73. The van der Waals surface area contributed by atoms with Crippen molar-refractivity contribution in [3.05, 3.63) is 35.9 Å². The number of benzene rings is 1. The van der Waals surface area contributed by atoms with Gasteiger partial charge in [-0.3, -0.25) is 0 Å². The lowest BCUT2D eigenvalue weighted by Crippen LogP contribution is -3.06. The molecule has 0 aromatic heterocycles. The van der Waals surface area contributed by atoms with Gasteiger partial charge in [-0.25, -0.2) is 0 Å². The van der Waals surface area contributed by atoms with Gasteiger partial charge in [0.05, 0.1) is 11.1 Å². The van der Waals surface area contributed by atoms with Crippen LogP contribution in [0.4, 0.5) is 0 Å². The smallest absolute Gasteiger partial charge is 0.101 e. The van der Waals surface area contributed by atoms with Gasteiger partial charge in [-0.15, -0.1) is 0 Å². The number of hydrogen-bond acceptors (Lipinski definition) is 1. The van der Waals surface area contributed by atoms with Crippen LogP contribution in [0.3, 0.4) is 0 Å². The lowest BCUT2D eigenvalue weighted by atomic mass is 9.70. The highest BCUT2D eigenvalue weighted by Gasteiger charge is 2.50. The quantitative estimate of drug-likeness (QED) is 0.763. The lowest BCUT2D eigenvalue weighted by molar-refractivity contribution is -0.793. The number of quaternary nitrogens is 1. The van der Waals surface area contributed by atoms with E-state index in [0.29, 0.717) is 0 Å². The second-order valence-corrected chi connectivity index (χ2v) is 6.87. The Bertz CT molecular complexity index is 379. The molecule has 1 saturated heterocycles. The van der Waals surface area contributed by atoms with Crippen molar-refractivity contribution in [1.82, 2.24) is 0 Å². The first kappa shape index (κ1) is 12.6. The van der Waals surface area contributed by atoms with Crippen molar-refractivity contribution >= 4 is 0 Å². The summed E-state index contributed by atoms with van der Waals surface area (Å²) in [7, 11) is 0. The molecule has 0 saturated carbocycles. The van der Waals surface area contributed by atoms with Crippen LogP contribution in [0.1, 0.15) is 46.1 Å². The number of hydrogen-bond donors (Lipinski definition) is 2. The average molecular weight is 234 g/mol. The van der Waals surface area contributed by atoms with E-state index in [4.69, 9.17) is 0 Å². The van der Waals surface area contributed by atoms with Gasteiger partial charge in [-0.2, -0.15) is 0 Å². The Labute approximate surface area is 104 Å². The number of aliphatic hydroxyl groups is 1. The summed E-state index contributed by atoms with van der Waals surface area (Å²) in [5.74, 6) is 0. The minimum absolute atomic E-state index is 0.0757. The summed E-state index contributed by atoms with van der Waals surface area (Å²) < 4.78 is 0. The van der Waals surface area contributed by atoms with Crippen molar-refractivity contribution in [3.8, 4) is 0 Å². The van der Waals surface area contributed by atoms with Crippen molar-refractivity contribution in [2.45, 2.75) is 57.2 Å². The topological polar surface area (TPSA) is 36.8 Å². The highest BCUT2D eigenvalue weighted by Crippen LogP contribution is 2.38. The molecule has 2 rings (SSSR count). The second kappa shape index (κ2) is 3.82. The van der Waals surface area contributed by atoms with E-state index < -0.39 is 5.60 Å². The van der Waals surface area contributed by atoms with Crippen molar-refractivity contribution < 1.29 is 10.4 Å². The monoisotopic (exact) mass is 234 g/mol. The Morgan fingerprint density at radius 2 is 1.41 bits per heavy atom. The van der Waals surface area contributed by atoms with Crippen LogP contribution in [-0.4, -0.2) is 16.2 Å². The molecule has 94 valence electrons. The van der Waals surface area contributed by atoms with Crippen molar-refractivity contribution in [3.63, 3.8) is 0 Å². The highest BCUT2D eigenvalue weighted by atomic mass is 16.3. The maximum Gasteiger partial charge on any atom is 0.101 e. The van der Waals surface area contributed by atoms with Gasteiger partial charge in [-0.05, 0) is 33.3 Å². The maximum atomic E-state index is 11.0. The van der Waals surface area contributed by atoms with Crippen LogP contribution in [0.5, 0.6) is 0 Å². The fourth-order valence-electron chi connectivity index (χ4n) is 3.68. The molecular weight excluding hydrogens is 210 g/mol. The molecule has 0 amide bonds. The molecule has 1 heterocycles. The predicted octanol–water partition coefficient (Wildman–Crippen LogP) is 1.79. The van der Waals surface area contributed by atoms with E-state index in [1.54, 1.807) is 0 Å². The molecule has 17 heavy (non-hydrogen) atoms. The molecule has 3 N–H and O–H groups in total. The van der Waals surface area contributed by atoms with Gasteiger partial charge in [0.25, 0.3) is 0 Å². The van der Waals surface area contributed by atoms with Crippen LogP contribution < -0.4 is 5.32 Å². The average Bonchev–Trinajstić information content (AvgIpc) is 2.13. The van der Waals surface area contributed by atoms with E-state index >= 15 is 0 Å². The highest BCUT2D eigenvalue weighted by molar-refractivity contribution is 5.24. The number of nitrogens with two attached hydrogens (primary N) is 1. The van der Waals surface area contributed by atoms with E-state index in [1.807, 2.05) is 30.3 Å². The maximum absolute atomic E-state index is 11.0. The molecule has 1 aromatic rings. The molecule has 1 aliphatic heterocycles. The normalized spacial score (nSPS) is 25.5. The summed E-state index contributed by atoms with van der Waals surface area (Å²) in [6.45, 7) is 8.84. The van der Waals surface area contributed by atoms with Gasteiger partial charge in [0.15, 0.2) is 0 Å². The lowest BCUT2D eigenvalue weighted by Gasteiger charge is -2.47. The SMILES string of the molecule is CC1(C)CC(O)(c2ccccc2)CC(C)(C)[NH2+]1. The summed E-state index contributed by atoms with van der Waals surface area (Å²) in [4.78, 5) is 0. The predicted molar refractivity (Wildman–Crippen MR) is 69.7 cm³/mol. The Morgan fingerprint density at radius 3 is 1.88 bits per heavy atom. The Hall–Kier alpha value is -0.860. The van der Waals surface area contributed by atoms with Crippen LogP contribution in [0.25, 0.3) is 0 Å². The van der Waals surface area contributed by atoms with Gasteiger partial charge in [0.2, 0.25) is 0 Å². The summed E-state index contributed by atoms with van der Waals surface area (Å²) in [5.41, 5.74) is 0.510. The second-order valence-electron chi connectivity index (χ2n) is 6.87. The van der Waals surface area contributed by atoms with Crippen LogP contribution in [0, 0.1) is 0 Å². The third-order valence-electron chi connectivity index (χ3n) is 3.59. The molecule has 0 unspecified atom stereocenters. The standard InChI is InChI=1S/C15H23NO/c1-13(2)10-15(17,11-14(3,4)16-13)12-8-6-5-7-9-12/h5-9,16-17H,10-11H2,1-4H3/p+1. The zero-order valence-corrected chi connectivity index (χ0v) is 11.3. The third-order valence-corrected chi connectivity index (χ3v) is 3.59. The van der Waals surface area contributed by atoms with Gasteiger partial charge in [0.1, 0.15) is 5.60 Å². The molecule has 1 aliphatic rings. The summed E-state index contributed by atoms with van der Waals surface area (Å²) in [5, 5.41) is 13.4. The molecule has 0 bridgehead atoms. The van der Waals surface area contributed by atoms with Crippen LogP contribution in [-0.2, 0) is 5.60 Å². The van der Waals surface area contributed by atoms with Gasteiger partial charge < -0.3 is 10.4 Å². The molecule has 1 aromatic carbocycles. The van der Waals surface area contributed by atoms with Crippen LogP contribution >= 0.6 is 0 Å². The van der Waals surface area contributed by atoms with Gasteiger partial charge in [0, 0.05) is 12.8 Å². The van der Waals surface area contributed by atoms with Crippen LogP contribution in [0.15, 0.2) is 30.3 Å². The Morgan fingerprint density at radius 1 is 0.941 bits per heavy atom.